The zero-order valence-corrected chi connectivity index (χ0v) is 22.0. The first-order chi connectivity index (χ1) is 15.9. The number of carbonyl (C=O) groups is 2. The van der Waals surface area contributed by atoms with E-state index in [2.05, 4.69) is 10.3 Å². The highest BCUT2D eigenvalue weighted by Gasteiger charge is 2.43. The molecule has 8 heteroatoms. The fourth-order valence-corrected chi connectivity index (χ4v) is 5.49. The number of fused-ring (bicyclic) bond motifs is 1. The monoisotopic (exact) mass is 492 g/mol. The number of rotatable bonds is 2. The summed E-state index contributed by atoms with van der Waals surface area (Å²) in [6.45, 7) is 10.8. The first-order valence-electron chi connectivity index (χ1n) is 12.4. The van der Waals surface area contributed by atoms with Gasteiger partial charge >= 0.3 is 5.97 Å². The largest absolute Gasteiger partial charge is 0.458 e. The number of ether oxygens (including phenoxy) is 1. The molecule has 0 aromatic carbocycles. The molecule has 2 aliphatic heterocycles. The van der Waals surface area contributed by atoms with Crippen LogP contribution in [0.25, 0.3) is 6.08 Å². The Labute approximate surface area is 207 Å². The number of hydrogen-bond acceptors (Lipinski definition) is 8. The van der Waals surface area contributed by atoms with Crippen LogP contribution in [0.1, 0.15) is 77.4 Å². The first kappa shape index (κ1) is 27.0. The Hall–Kier alpha value is -1.61. The van der Waals surface area contributed by atoms with E-state index < -0.39 is 35.6 Å². The minimum atomic E-state index is -1.21. The molecule has 2 saturated heterocycles. The highest BCUT2D eigenvalue weighted by molar-refractivity contribution is 7.09. The molecule has 1 aromatic heterocycles. The van der Waals surface area contributed by atoms with Gasteiger partial charge in [0.15, 0.2) is 0 Å². The third kappa shape index (κ3) is 6.53. The number of esters is 1. The lowest BCUT2D eigenvalue weighted by molar-refractivity contribution is -0.154. The Balaban J connectivity index is 1.81. The first-order valence-corrected chi connectivity index (χ1v) is 13.2. The highest BCUT2D eigenvalue weighted by atomic mass is 32.1. The van der Waals surface area contributed by atoms with Crippen LogP contribution in [0.15, 0.2) is 11.0 Å². The molecular weight excluding hydrogens is 452 g/mol. The molecule has 3 N–H and O–H groups in total. The summed E-state index contributed by atoms with van der Waals surface area (Å²) in [6.07, 6.45) is 2.64. The second kappa shape index (κ2) is 11.0. The van der Waals surface area contributed by atoms with E-state index in [1.165, 1.54) is 0 Å². The molecule has 0 saturated carbocycles. The van der Waals surface area contributed by atoms with Gasteiger partial charge in [0.1, 0.15) is 11.9 Å². The molecule has 7 atom stereocenters. The molecule has 0 amide bonds. The summed E-state index contributed by atoms with van der Waals surface area (Å²) in [7, 11) is 0. The van der Waals surface area contributed by atoms with Gasteiger partial charge in [0, 0.05) is 29.8 Å². The summed E-state index contributed by atoms with van der Waals surface area (Å²) in [5.74, 6) is -1.43. The molecule has 3 rings (SSSR count). The van der Waals surface area contributed by atoms with Crippen molar-refractivity contribution in [2.24, 2.45) is 17.3 Å². The molecule has 0 spiro atoms. The fourth-order valence-electron chi connectivity index (χ4n) is 4.92. The second-order valence-electron chi connectivity index (χ2n) is 10.8. The van der Waals surface area contributed by atoms with Crippen LogP contribution < -0.4 is 5.32 Å². The van der Waals surface area contributed by atoms with Crippen LogP contribution >= 0.6 is 11.3 Å². The average Bonchev–Trinajstić information content (AvgIpc) is 3.38. The normalized spacial score (nSPS) is 36.0. The van der Waals surface area contributed by atoms with Crippen molar-refractivity contribution in [3.05, 3.63) is 21.7 Å². The van der Waals surface area contributed by atoms with Crippen LogP contribution in [0, 0.1) is 24.2 Å². The van der Waals surface area contributed by atoms with Crippen LogP contribution in [-0.2, 0) is 14.3 Å². The summed E-state index contributed by atoms with van der Waals surface area (Å²) in [5.41, 5.74) is 0.567. The number of ketones is 1. The number of aromatic nitrogens is 1. The lowest BCUT2D eigenvalue weighted by Gasteiger charge is -2.34. The van der Waals surface area contributed by atoms with Crippen molar-refractivity contribution in [3.8, 4) is 0 Å². The Bertz CT molecular complexity index is 911. The van der Waals surface area contributed by atoms with Gasteiger partial charge in [0.2, 0.25) is 0 Å². The van der Waals surface area contributed by atoms with Gasteiger partial charge in [0.25, 0.3) is 0 Å². The molecule has 0 unspecified atom stereocenters. The minimum absolute atomic E-state index is 0.0264. The molecule has 190 valence electrons. The van der Waals surface area contributed by atoms with Gasteiger partial charge in [-0.2, -0.15) is 0 Å². The van der Waals surface area contributed by atoms with Crippen molar-refractivity contribution in [3.63, 3.8) is 0 Å². The number of Topliss-reactive ketones (excluding diaryl/α,β-unsaturated/α-hetero) is 1. The van der Waals surface area contributed by atoms with Gasteiger partial charge in [-0.25, -0.2) is 4.98 Å². The summed E-state index contributed by atoms with van der Waals surface area (Å²) in [5, 5.41) is 28.1. The SMILES string of the molecule is CC(=Cc1csc(C)n1)[C@H]1C[C@@H]2N[C@@H]2CCC[C@@H](C)[C@@H](O)[C@H](C)C(=O)C(C)(C)[C@H](O)CC(=O)O1. The molecule has 7 nitrogen and oxygen atoms in total. The average molecular weight is 493 g/mol. The van der Waals surface area contributed by atoms with Crippen molar-refractivity contribution in [2.75, 3.05) is 0 Å². The molecule has 2 aliphatic rings. The number of aliphatic hydroxyl groups is 2. The van der Waals surface area contributed by atoms with Gasteiger partial charge in [-0.1, -0.05) is 34.1 Å². The van der Waals surface area contributed by atoms with E-state index in [0.29, 0.717) is 12.5 Å². The number of nitrogens with one attached hydrogen (secondary N) is 1. The number of nitrogens with zero attached hydrogens (tertiary/aromatic N) is 1. The number of carbonyl (C=O) groups excluding carboxylic acids is 2. The van der Waals surface area contributed by atoms with Gasteiger partial charge < -0.3 is 20.3 Å². The topological polar surface area (TPSA) is 119 Å². The van der Waals surface area contributed by atoms with E-state index in [9.17, 15) is 19.8 Å². The quantitative estimate of drug-likeness (QED) is 0.426. The summed E-state index contributed by atoms with van der Waals surface area (Å²) >= 11 is 1.57. The van der Waals surface area contributed by atoms with Crippen molar-refractivity contribution in [1.29, 1.82) is 0 Å². The standard InChI is InChI=1S/C26H40N2O5S/c1-14-8-7-9-19-20(28-19)11-21(15(2)10-18-13-34-17(4)27-18)33-23(30)12-22(29)26(5,6)25(32)16(3)24(14)31/h10,13-14,16,19-22,24,28-29,31H,7-9,11-12H2,1-6H3/t14-,16+,19-,20+,21-,22-,24-/m1/s1. The van der Waals surface area contributed by atoms with Crippen molar-refractivity contribution in [1.82, 2.24) is 10.3 Å². The number of hydrogen-bond donors (Lipinski definition) is 3. The van der Waals surface area contributed by atoms with E-state index in [-0.39, 0.29) is 24.2 Å². The maximum absolute atomic E-state index is 13.2. The number of aryl methyl sites for hydroxylation is 1. The fraction of sp³-hybridized carbons (Fsp3) is 0.731. The summed E-state index contributed by atoms with van der Waals surface area (Å²) in [4.78, 5) is 30.5. The van der Waals surface area contributed by atoms with Crippen LogP contribution in [0.4, 0.5) is 0 Å². The zero-order chi connectivity index (χ0) is 25.2. The molecule has 0 bridgehead atoms. The lowest BCUT2D eigenvalue weighted by atomic mass is 9.73. The molecule has 3 heterocycles. The third-order valence-electron chi connectivity index (χ3n) is 7.58. The number of thiazole rings is 1. The predicted molar refractivity (Wildman–Crippen MR) is 133 cm³/mol. The Morgan fingerprint density at radius 2 is 1.94 bits per heavy atom. The summed E-state index contributed by atoms with van der Waals surface area (Å²) < 4.78 is 5.86. The highest BCUT2D eigenvalue weighted by Crippen LogP contribution is 2.33. The third-order valence-corrected chi connectivity index (χ3v) is 8.37. The molecule has 0 aliphatic carbocycles. The van der Waals surface area contributed by atoms with Gasteiger partial charge in [0.05, 0.1) is 34.7 Å². The van der Waals surface area contributed by atoms with Crippen LogP contribution in [-0.4, -0.2) is 57.3 Å². The minimum Gasteiger partial charge on any atom is -0.458 e. The Morgan fingerprint density at radius 3 is 2.59 bits per heavy atom. The zero-order valence-electron chi connectivity index (χ0n) is 21.2. The van der Waals surface area contributed by atoms with E-state index in [1.807, 2.05) is 32.2 Å². The van der Waals surface area contributed by atoms with Crippen molar-refractivity contribution >= 4 is 29.2 Å². The van der Waals surface area contributed by atoms with Crippen LogP contribution in [0.5, 0.6) is 0 Å². The van der Waals surface area contributed by atoms with Gasteiger partial charge in [-0.05, 0) is 44.3 Å². The van der Waals surface area contributed by atoms with Crippen molar-refractivity contribution in [2.45, 2.75) is 104 Å². The van der Waals surface area contributed by atoms with E-state index in [4.69, 9.17) is 4.74 Å². The van der Waals surface area contributed by atoms with E-state index in [1.54, 1.807) is 32.1 Å². The van der Waals surface area contributed by atoms with Crippen LogP contribution in [0.2, 0.25) is 0 Å². The smallest absolute Gasteiger partial charge is 0.309 e. The molecule has 2 fully saturated rings. The number of aliphatic hydroxyl groups excluding tert-OH is 2. The molecule has 1 aromatic rings. The number of cyclic esters (lactones) is 1. The van der Waals surface area contributed by atoms with E-state index >= 15 is 0 Å². The Kier molecular flexibility index (Phi) is 8.71. The summed E-state index contributed by atoms with van der Waals surface area (Å²) in [6, 6.07) is 0.615. The van der Waals surface area contributed by atoms with Gasteiger partial charge in [-0.15, -0.1) is 11.3 Å². The van der Waals surface area contributed by atoms with Crippen LogP contribution in [0.3, 0.4) is 0 Å². The maximum atomic E-state index is 13.2. The van der Waals surface area contributed by atoms with Gasteiger partial charge in [-0.3, -0.25) is 9.59 Å². The van der Waals surface area contributed by atoms with E-state index in [0.717, 1.165) is 35.5 Å². The lowest BCUT2D eigenvalue weighted by Crippen LogP contribution is -2.45. The predicted octanol–water partition coefficient (Wildman–Crippen LogP) is 3.66. The van der Waals surface area contributed by atoms with Crippen molar-refractivity contribution < 1.29 is 24.5 Å². The molecule has 0 radical (unpaired) electrons. The maximum Gasteiger partial charge on any atom is 0.309 e. The second-order valence-corrected chi connectivity index (χ2v) is 11.8. The molecular formula is C26H40N2O5S. The molecule has 34 heavy (non-hydrogen) atoms. The Morgan fingerprint density at radius 1 is 1.24 bits per heavy atom.